The van der Waals surface area contributed by atoms with Crippen LogP contribution in [0, 0.1) is 0 Å². The van der Waals surface area contributed by atoms with Gasteiger partial charge in [0.1, 0.15) is 5.69 Å². The first-order valence-corrected chi connectivity index (χ1v) is 4.26. The van der Waals surface area contributed by atoms with Gasteiger partial charge < -0.3 is 0 Å². The second-order valence-corrected chi connectivity index (χ2v) is 2.76. The van der Waals surface area contributed by atoms with Gasteiger partial charge in [-0.3, -0.25) is 4.98 Å². The first-order valence-electron chi connectivity index (χ1n) is 4.26. The molecule has 68 valence electrons. The standard InChI is InChI=1S/C11H9N3/c1-2-9-7-13-11(14-8-9)10-5-3-4-6-12-10/h2-8H,1H2. The van der Waals surface area contributed by atoms with Crippen molar-refractivity contribution in [1.29, 1.82) is 0 Å². The molecule has 14 heavy (non-hydrogen) atoms. The Kier molecular flexibility index (Phi) is 2.32. The molecule has 0 spiro atoms. The van der Waals surface area contributed by atoms with E-state index in [1.807, 2.05) is 18.2 Å². The van der Waals surface area contributed by atoms with Crippen molar-refractivity contribution in [3.05, 3.63) is 48.9 Å². The maximum absolute atomic E-state index is 4.17. The highest BCUT2D eigenvalue weighted by Gasteiger charge is 1.99. The number of hydrogen-bond acceptors (Lipinski definition) is 3. The van der Waals surface area contributed by atoms with Crippen LogP contribution in [0.3, 0.4) is 0 Å². The summed E-state index contributed by atoms with van der Waals surface area (Å²) in [5.41, 5.74) is 1.69. The first kappa shape index (κ1) is 8.56. The van der Waals surface area contributed by atoms with Gasteiger partial charge in [0.15, 0.2) is 5.82 Å². The van der Waals surface area contributed by atoms with Crippen molar-refractivity contribution >= 4 is 6.08 Å². The fraction of sp³-hybridized carbons (Fsp3) is 0. The Morgan fingerprint density at radius 1 is 1.07 bits per heavy atom. The van der Waals surface area contributed by atoms with Crippen LogP contribution in [0.5, 0.6) is 0 Å². The molecule has 0 amide bonds. The molecule has 0 fully saturated rings. The second kappa shape index (κ2) is 3.79. The first-order chi connectivity index (χ1) is 6.90. The third-order valence-corrected chi connectivity index (χ3v) is 1.80. The Morgan fingerprint density at radius 2 is 1.86 bits per heavy atom. The van der Waals surface area contributed by atoms with Gasteiger partial charge in [-0.25, -0.2) is 9.97 Å². The Bertz CT molecular complexity index is 420. The highest BCUT2D eigenvalue weighted by atomic mass is 14.9. The van der Waals surface area contributed by atoms with E-state index in [1.54, 1.807) is 24.7 Å². The van der Waals surface area contributed by atoms with Crippen molar-refractivity contribution in [2.45, 2.75) is 0 Å². The maximum Gasteiger partial charge on any atom is 0.178 e. The summed E-state index contributed by atoms with van der Waals surface area (Å²) in [4.78, 5) is 12.5. The molecule has 0 saturated carbocycles. The average Bonchev–Trinajstić information content (AvgIpc) is 2.30. The molecule has 0 aromatic carbocycles. The van der Waals surface area contributed by atoms with E-state index in [9.17, 15) is 0 Å². The van der Waals surface area contributed by atoms with Crippen molar-refractivity contribution < 1.29 is 0 Å². The summed E-state index contributed by atoms with van der Waals surface area (Å²) in [6, 6.07) is 5.65. The van der Waals surface area contributed by atoms with E-state index < -0.39 is 0 Å². The number of rotatable bonds is 2. The van der Waals surface area contributed by atoms with E-state index >= 15 is 0 Å². The lowest BCUT2D eigenvalue weighted by molar-refractivity contribution is 1.13. The lowest BCUT2D eigenvalue weighted by Gasteiger charge is -1.97. The summed E-state index contributed by atoms with van der Waals surface area (Å²) in [7, 11) is 0. The minimum Gasteiger partial charge on any atom is -0.253 e. The third-order valence-electron chi connectivity index (χ3n) is 1.80. The zero-order valence-corrected chi connectivity index (χ0v) is 7.59. The van der Waals surface area contributed by atoms with Gasteiger partial charge in [0.05, 0.1) is 0 Å². The van der Waals surface area contributed by atoms with Gasteiger partial charge in [-0.15, -0.1) is 0 Å². The summed E-state index contributed by atoms with van der Waals surface area (Å²) in [5.74, 6) is 0.635. The molecule has 0 N–H and O–H groups in total. The van der Waals surface area contributed by atoms with Crippen LogP contribution in [0.4, 0.5) is 0 Å². The molecule has 0 aliphatic carbocycles. The van der Waals surface area contributed by atoms with Crippen LogP contribution in [0.25, 0.3) is 17.6 Å². The molecule has 3 nitrogen and oxygen atoms in total. The van der Waals surface area contributed by atoms with Crippen LogP contribution in [-0.2, 0) is 0 Å². The SMILES string of the molecule is C=Cc1cnc(-c2ccccn2)nc1. The minimum absolute atomic E-state index is 0.635. The van der Waals surface area contributed by atoms with Crippen molar-refractivity contribution in [1.82, 2.24) is 15.0 Å². The summed E-state index contributed by atoms with van der Waals surface area (Å²) < 4.78 is 0. The number of nitrogens with zero attached hydrogens (tertiary/aromatic N) is 3. The summed E-state index contributed by atoms with van der Waals surface area (Å²) in [6.07, 6.45) is 6.89. The highest BCUT2D eigenvalue weighted by molar-refractivity contribution is 5.51. The maximum atomic E-state index is 4.17. The van der Waals surface area contributed by atoms with E-state index in [0.717, 1.165) is 11.3 Å². The number of aromatic nitrogens is 3. The Balaban J connectivity index is 2.39. The number of pyridine rings is 1. The fourth-order valence-electron chi connectivity index (χ4n) is 1.07. The quantitative estimate of drug-likeness (QED) is 0.716. The van der Waals surface area contributed by atoms with Gasteiger partial charge in [-0.2, -0.15) is 0 Å². The molecule has 2 rings (SSSR count). The molecule has 0 atom stereocenters. The van der Waals surface area contributed by atoms with E-state index in [2.05, 4.69) is 21.5 Å². The van der Waals surface area contributed by atoms with E-state index in [1.165, 1.54) is 0 Å². The van der Waals surface area contributed by atoms with Crippen molar-refractivity contribution in [2.24, 2.45) is 0 Å². The Morgan fingerprint density at radius 3 is 2.43 bits per heavy atom. The van der Waals surface area contributed by atoms with E-state index in [-0.39, 0.29) is 0 Å². The van der Waals surface area contributed by atoms with E-state index in [0.29, 0.717) is 5.82 Å². The number of hydrogen-bond donors (Lipinski definition) is 0. The predicted octanol–water partition coefficient (Wildman–Crippen LogP) is 2.18. The Labute approximate surface area is 82.2 Å². The monoisotopic (exact) mass is 183 g/mol. The zero-order chi connectivity index (χ0) is 9.80. The molecule has 3 heteroatoms. The van der Waals surface area contributed by atoms with E-state index in [4.69, 9.17) is 0 Å². The second-order valence-electron chi connectivity index (χ2n) is 2.76. The normalized spacial score (nSPS) is 9.71. The molecule has 0 bridgehead atoms. The molecule has 2 aromatic rings. The van der Waals surface area contributed by atoms with Crippen molar-refractivity contribution in [3.8, 4) is 11.5 Å². The van der Waals surface area contributed by atoms with Crippen LogP contribution in [0.2, 0.25) is 0 Å². The van der Waals surface area contributed by atoms with Gasteiger partial charge in [0.25, 0.3) is 0 Å². The topological polar surface area (TPSA) is 38.7 Å². The lowest BCUT2D eigenvalue weighted by Crippen LogP contribution is -1.90. The van der Waals surface area contributed by atoms with Gasteiger partial charge >= 0.3 is 0 Å². The summed E-state index contributed by atoms with van der Waals surface area (Å²) in [5, 5.41) is 0. The van der Waals surface area contributed by atoms with Crippen LogP contribution in [-0.4, -0.2) is 15.0 Å². The molecule has 0 aliphatic rings. The zero-order valence-electron chi connectivity index (χ0n) is 7.59. The van der Waals surface area contributed by atoms with Crippen LogP contribution < -0.4 is 0 Å². The molecule has 0 aliphatic heterocycles. The minimum atomic E-state index is 0.635. The fourth-order valence-corrected chi connectivity index (χ4v) is 1.07. The molecular weight excluding hydrogens is 174 g/mol. The molecule has 0 radical (unpaired) electrons. The van der Waals surface area contributed by atoms with Gasteiger partial charge in [0.2, 0.25) is 0 Å². The molecule has 2 heterocycles. The lowest BCUT2D eigenvalue weighted by atomic mass is 10.3. The van der Waals surface area contributed by atoms with Gasteiger partial charge in [-0.05, 0) is 12.1 Å². The molecular formula is C11H9N3. The average molecular weight is 183 g/mol. The largest absolute Gasteiger partial charge is 0.253 e. The van der Waals surface area contributed by atoms with Crippen LogP contribution in [0.1, 0.15) is 5.56 Å². The van der Waals surface area contributed by atoms with Crippen LogP contribution in [0.15, 0.2) is 43.4 Å². The Hall–Kier alpha value is -2.03. The van der Waals surface area contributed by atoms with Crippen molar-refractivity contribution in [2.75, 3.05) is 0 Å². The molecule has 2 aromatic heterocycles. The van der Waals surface area contributed by atoms with Crippen molar-refractivity contribution in [3.63, 3.8) is 0 Å². The van der Waals surface area contributed by atoms with Crippen LogP contribution >= 0.6 is 0 Å². The summed E-state index contributed by atoms with van der Waals surface area (Å²) >= 11 is 0. The van der Waals surface area contributed by atoms with Gasteiger partial charge in [-0.1, -0.05) is 18.7 Å². The van der Waals surface area contributed by atoms with Gasteiger partial charge in [0, 0.05) is 24.2 Å². The molecule has 0 saturated heterocycles. The highest BCUT2D eigenvalue weighted by Crippen LogP contribution is 2.09. The summed E-state index contributed by atoms with van der Waals surface area (Å²) in [6.45, 7) is 3.64. The third kappa shape index (κ3) is 1.66. The predicted molar refractivity (Wildman–Crippen MR) is 55.4 cm³/mol. The molecule has 0 unspecified atom stereocenters. The smallest absolute Gasteiger partial charge is 0.178 e.